The number of carbonyl (C=O) groups is 1. The monoisotopic (exact) mass is 348 g/mol. The second kappa shape index (κ2) is 7.88. The molecular weight excluding hydrogens is 332 g/mol. The Morgan fingerprint density at radius 2 is 2.21 bits per heavy atom. The summed E-state index contributed by atoms with van der Waals surface area (Å²) in [6.45, 7) is 2.03. The minimum absolute atomic E-state index is 0.406. The van der Waals surface area contributed by atoms with Crippen LogP contribution in [0.4, 0.5) is 0 Å². The van der Waals surface area contributed by atoms with E-state index in [4.69, 9.17) is 16.3 Å². The van der Waals surface area contributed by atoms with Gasteiger partial charge < -0.3 is 9.84 Å². The zero-order valence-corrected chi connectivity index (χ0v) is 13.4. The van der Waals surface area contributed by atoms with Gasteiger partial charge in [0, 0.05) is 15.1 Å². The Labute approximate surface area is 127 Å². The van der Waals surface area contributed by atoms with Gasteiger partial charge in [-0.25, -0.2) is 0 Å². The minimum atomic E-state index is -0.955. The van der Waals surface area contributed by atoms with E-state index in [2.05, 4.69) is 15.9 Å². The summed E-state index contributed by atoms with van der Waals surface area (Å²) < 4.78 is 5.58. The highest BCUT2D eigenvalue weighted by Gasteiger charge is 2.29. The Bertz CT molecular complexity index is 437. The first-order valence-electron chi connectivity index (χ1n) is 6.22. The average Bonchev–Trinajstić information content (AvgIpc) is 2.41. The highest BCUT2D eigenvalue weighted by molar-refractivity contribution is 9.10. The molecule has 0 fully saturated rings. The maximum absolute atomic E-state index is 11.8. The van der Waals surface area contributed by atoms with Crippen molar-refractivity contribution in [1.82, 2.24) is 0 Å². The molecule has 1 rings (SSSR count). The molecular formula is C14H18BrClO3. The molecule has 0 heterocycles. The molecule has 0 aliphatic carbocycles. The van der Waals surface area contributed by atoms with Gasteiger partial charge in [-0.05, 0) is 24.6 Å². The normalized spacial score (nSPS) is 13.9. The highest BCUT2D eigenvalue weighted by atomic mass is 79.9. The summed E-state index contributed by atoms with van der Waals surface area (Å²) in [6.07, 6.45) is 1.42. The van der Waals surface area contributed by atoms with Gasteiger partial charge in [-0.2, -0.15) is 0 Å². The molecule has 0 saturated heterocycles. The van der Waals surface area contributed by atoms with Gasteiger partial charge >= 0.3 is 5.97 Å². The van der Waals surface area contributed by atoms with Crippen LogP contribution in [0.15, 0.2) is 22.7 Å². The van der Waals surface area contributed by atoms with Crippen molar-refractivity contribution >= 4 is 33.5 Å². The standard InChI is InChI=1S/C14H18BrClO3/c1-3-4-5-10(14(18)19-2)13(17)11-8-9(15)6-7-12(11)16/h6-8,10,13,17H,3-5H2,1-2H3. The zero-order chi connectivity index (χ0) is 14.4. The van der Waals surface area contributed by atoms with Crippen molar-refractivity contribution in [3.63, 3.8) is 0 Å². The molecule has 5 heteroatoms. The number of carbonyl (C=O) groups excluding carboxylic acids is 1. The van der Waals surface area contributed by atoms with Crippen LogP contribution in [0.5, 0.6) is 0 Å². The van der Waals surface area contributed by atoms with Crippen LogP contribution in [-0.4, -0.2) is 18.2 Å². The van der Waals surface area contributed by atoms with Gasteiger partial charge in [0.15, 0.2) is 0 Å². The quantitative estimate of drug-likeness (QED) is 0.786. The van der Waals surface area contributed by atoms with Crippen LogP contribution in [0.3, 0.4) is 0 Å². The first kappa shape index (κ1) is 16.5. The second-order valence-corrected chi connectivity index (χ2v) is 5.71. The van der Waals surface area contributed by atoms with E-state index in [0.29, 0.717) is 17.0 Å². The Kier molecular flexibility index (Phi) is 6.83. The van der Waals surface area contributed by atoms with Crippen LogP contribution in [0.1, 0.15) is 37.9 Å². The van der Waals surface area contributed by atoms with Gasteiger partial charge in [0.25, 0.3) is 0 Å². The van der Waals surface area contributed by atoms with Crippen molar-refractivity contribution in [2.45, 2.75) is 32.3 Å². The molecule has 3 nitrogen and oxygen atoms in total. The highest BCUT2D eigenvalue weighted by Crippen LogP contribution is 2.33. The van der Waals surface area contributed by atoms with Crippen LogP contribution in [-0.2, 0) is 9.53 Å². The lowest BCUT2D eigenvalue weighted by molar-refractivity contribution is -0.150. The summed E-state index contributed by atoms with van der Waals surface area (Å²) in [5.74, 6) is -0.992. The largest absolute Gasteiger partial charge is 0.469 e. The number of aliphatic hydroxyl groups excluding tert-OH is 1. The average molecular weight is 350 g/mol. The van der Waals surface area contributed by atoms with Gasteiger partial charge in [0.1, 0.15) is 0 Å². The van der Waals surface area contributed by atoms with E-state index in [1.165, 1.54) is 7.11 Å². The number of rotatable bonds is 6. The van der Waals surface area contributed by atoms with Gasteiger partial charge in [0.05, 0.1) is 19.1 Å². The summed E-state index contributed by atoms with van der Waals surface area (Å²) in [5, 5.41) is 10.9. The third-order valence-electron chi connectivity index (χ3n) is 3.03. The van der Waals surface area contributed by atoms with Crippen molar-refractivity contribution in [3.8, 4) is 0 Å². The van der Waals surface area contributed by atoms with Crippen molar-refractivity contribution < 1.29 is 14.6 Å². The third kappa shape index (κ3) is 4.48. The van der Waals surface area contributed by atoms with E-state index < -0.39 is 18.0 Å². The van der Waals surface area contributed by atoms with Gasteiger partial charge in [-0.1, -0.05) is 47.3 Å². The number of hydrogen-bond donors (Lipinski definition) is 1. The first-order valence-corrected chi connectivity index (χ1v) is 7.39. The summed E-state index contributed by atoms with van der Waals surface area (Å²) in [6, 6.07) is 5.21. The number of unbranched alkanes of at least 4 members (excludes halogenated alkanes) is 1. The predicted molar refractivity (Wildman–Crippen MR) is 79.1 cm³/mol. The fourth-order valence-electron chi connectivity index (χ4n) is 1.94. The fraction of sp³-hybridized carbons (Fsp3) is 0.500. The van der Waals surface area contributed by atoms with E-state index in [9.17, 15) is 9.90 Å². The Hall–Kier alpha value is -0.580. The maximum atomic E-state index is 11.8. The van der Waals surface area contributed by atoms with Crippen molar-refractivity contribution in [2.75, 3.05) is 7.11 Å². The lowest BCUT2D eigenvalue weighted by atomic mass is 9.91. The number of aliphatic hydroxyl groups is 1. The predicted octanol–water partition coefficient (Wildman–Crippen LogP) is 4.12. The van der Waals surface area contributed by atoms with E-state index in [1.54, 1.807) is 18.2 Å². The molecule has 2 atom stereocenters. The number of esters is 1. The Balaban J connectivity index is 3.00. The minimum Gasteiger partial charge on any atom is -0.469 e. The van der Waals surface area contributed by atoms with Gasteiger partial charge in [-0.15, -0.1) is 0 Å². The molecule has 0 aliphatic heterocycles. The Morgan fingerprint density at radius 1 is 1.53 bits per heavy atom. The summed E-state index contributed by atoms with van der Waals surface area (Å²) in [4.78, 5) is 11.8. The molecule has 1 aromatic carbocycles. The zero-order valence-electron chi connectivity index (χ0n) is 11.0. The smallest absolute Gasteiger partial charge is 0.311 e. The SMILES string of the molecule is CCCCC(C(=O)OC)C(O)c1cc(Br)ccc1Cl. The van der Waals surface area contributed by atoms with Crippen molar-refractivity contribution in [3.05, 3.63) is 33.3 Å². The van der Waals surface area contributed by atoms with Crippen LogP contribution in [0.25, 0.3) is 0 Å². The fourth-order valence-corrected chi connectivity index (χ4v) is 2.55. The second-order valence-electron chi connectivity index (χ2n) is 4.38. The van der Waals surface area contributed by atoms with E-state index in [0.717, 1.165) is 17.3 Å². The van der Waals surface area contributed by atoms with Crippen molar-refractivity contribution in [1.29, 1.82) is 0 Å². The molecule has 19 heavy (non-hydrogen) atoms. The van der Waals surface area contributed by atoms with Crippen molar-refractivity contribution in [2.24, 2.45) is 5.92 Å². The lowest BCUT2D eigenvalue weighted by Crippen LogP contribution is -2.24. The summed E-state index contributed by atoms with van der Waals surface area (Å²) in [5.41, 5.74) is 0.544. The summed E-state index contributed by atoms with van der Waals surface area (Å²) >= 11 is 9.42. The number of ether oxygens (including phenoxy) is 1. The molecule has 2 unspecified atom stereocenters. The number of methoxy groups -OCH3 is 1. The van der Waals surface area contributed by atoms with E-state index in [-0.39, 0.29) is 0 Å². The van der Waals surface area contributed by atoms with Crippen LogP contribution >= 0.6 is 27.5 Å². The van der Waals surface area contributed by atoms with Crippen LogP contribution in [0.2, 0.25) is 5.02 Å². The molecule has 0 aliphatic rings. The topological polar surface area (TPSA) is 46.5 Å². The Morgan fingerprint density at radius 3 is 2.79 bits per heavy atom. The third-order valence-corrected chi connectivity index (χ3v) is 3.87. The van der Waals surface area contributed by atoms with Crippen LogP contribution in [0, 0.1) is 5.92 Å². The molecule has 0 bridgehead atoms. The molecule has 0 amide bonds. The number of halogens is 2. The molecule has 0 saturated carbocycles. The maximum Gasteiger partial charge on any atom is 0.311 e. The van der Waals surface area contributed by atoms with E-state index in [1.807, 2.05) is 6.92 Å². The molecule has 106 valence electrons. The van der Waals surface area contributed by atoms with E-state index >= 15 is 0 Å². The molecule has 0 radical (unpaired) electrons. The molecule has 0 aromatic heterocycles. The number of benzene rings is 1. The molecule has 0 spiro atoms. The lowest BCUT2D eigenvalue weighted by Gasteiger charge is -2.22. The first-order chi connectivity index (χ1) is 9.01. The summed E-state index contributed by atoms with van der Waals surface area (Å²) in [7, 11) is 1.33. The molecule has 1 aromatic rings. The molecule has 1 N–H and O–H groups in total. The van der Waals surface area contributed by atoms with Crippen LogP contribution < -0.4 is 0 Å². The van der Waals surface area contributed by atoms with Gasteiger partial charge in [0.2, 0.25) is 0 Å². The number of hydrogen-bond acceptors (Lipinski definition) is 3. The van der Waals surface area contributed by atoms with Gasteiger partial charge in [-0.3, -0.25) is 4.79 Å².